The zero-order chi connectivity index (χ0) is 17.7. The fourth-order valence-electron chi connectivity index (χ4n) is 1.61. The van der Waals surface area contributed by atoms with Crippen molar-refractivity contribution in [3.63, 3.8) is 0 Å². The first-order valence-corrected chi connectivity index (χ1v) is 7.24. The molecular formula is C15H10Cl2F3N3O. The molecule has 0 fully saturated rings. The van der Waals surface area contributed by atoms with Crippen molar-refractivity contribution in [2.24, 2.45) is 5.10 Å². The van der Waals surface area contributed by atoms with Crippen molar-refractivity contribution in [1.82, 2.24) is 0 Å². The van der Waals surface area contributed by atoms with Gasteiger partial charge >= 0.3 is 6.18 Å². The molecule has 2 rings (SSSR count). The first-order chi connectivity index (χ1) is 11.3. The van der Waals surface area contributed by atoms with Crippen LogP contribution in [-0.2, 0) is 11.0 Å². The van der Waals surface area contributed by atoms with E-state index in [4.69, 9.17) is 23.2 Å². The third-order valence-electron chi connectivity index (χ3n) is 2.78. The number of hydrazone groups is 1. The quantitative estimate of drug-likeness (QED) is 0.585. The van der Waals surface area contributed by atoms with Crippen LogP contribution >= 0.6 is 23.2 Å². The molecule has 0 bridgehead atoms. The number of alkyl halides is 3. The Balaban J connectivity index is 1.98. The average Bonchev–Trinajstić information content (AvgIpc) is 2.53. The molecule has 0 aliphatic rings. The molecule has 0 aliphatic heterocycles. The summed E-state index contributed by atoms with van der Waals surface area (Å²) in [6.07, 6.45) is -4.44. The van der Waals surface area contributed by atoms with Crippen molar-refractivity contribution >= 4 is 45.7 Å². The molecule has 4 nitrogen and oxygen atoms in total. The number of amides is 1. The van der Waals surface area contributed by atoms with Gasteiger partial charge in [0, 0.05) is 10.7 Å². The highest BCUT2D eigenvalue weighted by Gasteiger charge is 2.30. The van der Waals surface area contributed by atoms with Crippen LogP contribution < -0.4 is 10.7 Å². The zero-order valence-electron chi connectivity index (χ0n) is 11.9. The summed E-state index contributed by atoms with van der Waals surface area (Å²) in [4.78, 5) is 11.8. The lowest BCUT2D eigenvalue weighted by atomic mass is 10.2. The monoisotopic (exact) mass is 375 g/mol. The lowest BCUT2D eigenvalue weighted by molar-refractivity contribution is -0.137. The Bertz CT molecular complexity index is 744. The normalized spacial score (nSPS) is 12.0. The van der Waals surface area contributed by atoms with E-state index in [1.807, 2.05) is 0 Å². The summed E-state index contributed by atoms with van der Waals surface area (Å²) in [7, 11) is 0. The summed E-state index contributed by atoms with van der Waals surface area (Å²) < 4.78 is 37.4. The Morgan fingerprint density at radius 2 is 1.50 bits per heavy atom. The van der Waals surface area contributed by atoms with Crippen LogP contribution in [0.3, 0.4) is 0 Å². The topological polar surface area (TPSA) is 53.5 Å². The third kappa shape index (κ3) is 5.14. The van der Waals surface area contributed by atoms with Crippen molar-refractivity contribution in [3.05, 3.63) is 59.1 Å². The molecule has 2 aromatic rings. The standard InChI is InChI=1S/C15H10Cl2F3N3O/c16-10-3-7-12(8-4-10)22-23-13(17)14(24)21-11-5-1-9(2-6-11)15(18,19)20/h1-8,22H,(H,21,24). The van der Waals surface area contributed by atoms with Gasteiger partial charge in [-0.05, 0) is 48.5 Å². The van der Waals surface area contributed by atoms with Gasteiger partial charge in [0.25, 0.3) is 5.91 Å². The van der Waals surface area contributed by atoms with Gasteiger partial charge in [-0.15, -0.1) is 0 Å². The summed E-state index contributed by atoms with van der Waals surface area (Å²) in [5.41, 5.74) is 2.46. The highest BCUT2D eigenvalue weighted by molar-refractivity contribution is 6.84. The van der Waals surface area contributed by atoms with Crippen LogP contribution in [0.4, 0.5) is 24.5 Å². The minimum Gasteiger partial charge on any atom is -0.320 e. The lowest BCUT2D eigenvalue weighted by Crippen LogP contribution is -2.19. The van der Waals surface area contributed by atoms with E-state index in [1.54, 1.807) is 24.3 Å². The van der Waals surface area contributed by atoms with E-state index in [0.29, 0.717) is 10.7 Å². The molecule has 24 heavy (non-hydrogen) atoms. The molecule has 0 aromatic heterocycles. The van der Waals surface area contributed by atoms with Gasteiger partial charge in [-0.2, -0.15) is 18.3 Å². The van der Waals surface area contributed by atoms with Crippen LogP contribution in [0.2, 0.25) is 5.02 Å². The Morgan fingerprint density at radius 1 is 0.958 bits per heavy atom. The van der Waals surface area contributed by atoms with E-state index < -0.39 is 22.8 Å². The molecule has 0 radical (unpaired) electrons. The summed E-state index contributed by atoms with van der Waals surface area (Å²) in [5.74, 6) is -0.766. The van der Waals surface area contributed by atoms with E-state index in [1.165, 1.54) is 0 Å². The van der Waals surface area contributed by atoms with Crippen LogP contribution in [0.25, 0.3) is 0 Å². The van der Waals surface area contributed by atoms with Gasteiger partial charge in [-0.25, -0.2) is 0 Å². The molecular weight excluding hydrogens is 366 g/mol. The second-order valence-electron chi connectivity index (χ2n) is 4.55. The Morgan fingerprint density at radius 3 is 2.04 bits per heavy atom. The number of hydrogen-bond acceptors (Lipinski definition) is 3. The highest BCUT2D eigenvalue weighted by atomic mass is 35.5. The summed E-state index contributed by atoms with van der Waals surface area (Å²) in [6.45, 7) is 0. The predicted molar refractivity (Wildman–Crippen MR) is 88.4 cm³/mol. The molecule has 0 atom stereocenters. The number of carbonyl (C=O) groups is 1. The Kier molecular flexibility index (Phi) is 5.69. The van der Waals surface area contributed by atoms with Crippen LogP contribution in [0.5, 0.6) is 0 Å². The number of anilines is 2. The lowest BCUT2D eigenvalue weighted by Gasteiger charge is -2.08. The van der Waals surface area contributed by atoms with Crippen LogP contribution in [0.1, 0.15) is 5.56 Å². The molecule has 9 heteroatoms. The number of nitrogens with zero attached hydrogens (tertiary/aromatic N) is 1. The molecule has 0 saturated carbocycles. The molecule has 2 N–H and O–H groups in total. The Hall–Kier alpha value is -2.25. The molecule has 2 aromatic carbocycles. The zero-order valence-corrected chi connectivity index (χ0v) is 13.4. The Labute approximate surface area is 145 Å². The molecule has 1 amide bonds. The van der Waals surface area contributed by atoms with Crippen molar-refractivity contribution in [1.29, 1.82) is 0 Å². The van der Waals surface area contributed by atoms with E-state index in [9.17, 15) is 18.0 Å². The van der Waals surface area contributed by atoms with Crippen LogP contribution in [0, 0.1) is 0 Å². The van der Waals surface area contributed by atoms with Gasteiger partial charge in [0.05, 0.1) is 11.3 Å². The number of nitrogens with one attached hydrogen (secondary N) is 2. The number of rotatable bonds is 4. The minimum absolute atomic E-state index is 0.160. The SMILES string of the molecule is O=C(Nc1ccc(C(F)(F)F)cc1)C(Cl)=NNc1ccc(Cl)cc1. The van der Waals surface area contributed by atoms with Crippen molar-refractivity contribution in [3.8, 4) is 0 Å². The number of benzene rings is 2. The molecule has 0 heterocycles. The average molecular weight is 376 g/mol. The first-order valence-electron chi connectivity index (χ1n) is 6.49. The maximum Gasteiger partial charge on any atom is 0.416 e. The molecule has 126 valence electrons. The van der Waals surface area contributed by atoms with Gasteiger partial charge in [-0.1, -0.05) is 23.2 Å². The van der Waals surface area contributed by atoms with E-state index in [0.717, 1.165) is 24.3 Å². The van der Waals surface area contributed by atoms with Gasteiger partial charge in [0.2, 0.25) is 5.17 Å². The molecule has 0 aliphatic carbocycles. The van der Waals surface area contributed by atoms with Crippen molar-refractivity contribution in [2.45, 2.75) is 6.18 Å². The van der Waals surface area contributed by atoms with E-state index in [-0.39, 0.29) is 5.69 Å². The highest BCUT2D eigenvalue weighted by Crippen LogP contribution is 2.29. The van der Waals surface area contributed by atoms with Gasteiger partial charge in [0.1, 0.15) is 0 Å². The molecule has 0 saturated heterocycles. The smallest absolute Gasteiger partial charge is 0.320 e. The summed E-state index contributed by atoms with van der Waals surface area (Å²) in [6, 6.07) is 10.5. The van der Waals surface area contributed by atoms with E-state index in [2.05, 4.69) is 15.8 Å². The predicted octanol–water partition coefficient (Wildman–Crippen LogP) is 4.96. The van der Waals surface area contributed by atoms with Gasteiger partial charge in [0.15, 0.2) is 0 Å². The number of carbonyl (C=O) groups excluding carboxylic acids is 1. The minimum atomic E-state index is -4.44. The molecule has 0 unspecified atom stereocenters. The fraction of sp³-hybridized carbons (Fsp3) is 0.0667. The van der Waals surface area contributed by atoms with Crippen molar-refractivity contribution in [2.75, 3.05) is 10.7 Å². The second kappa shape index (κ2) is 7.55. The molecule has 0 spiro atoms. The van der Waals surface area contributed by atoms with Gasteiger partial charge < -0.3 is 5.32 Å². The van der Waals surface area contributed by atoms with Gasteiger partial charge in [-0.3, -0.25) is 10.2 Å². The first kappa shape index (κ1) is 18.1. The number of halogens is 5. The summed E-state index contributed by atoms with van der Waals surface area (Å²) >= 11 is 11.5. The maximum atomic E-state index is 12.5. The van der Waals surface area contributed by atoms with E-state index >= 15 is 0 Å². The van der Waals surface area contributed by atoms with Crippen LogP contribution in [-0.4, -0.2) is 11.1 Å². The largest absolute Gasteiger partial charge is 0.416 e. The maximum absolute atomic E-state index is 12.5. The third-order valence-corrected chi connectivity index (χ3v) is 3.29. The second-order valence-corrected chi connectivity index (χ2v) is 5.34. The number of hydrogen-bond donors (Lipinski definition) is 2. The summed E-state index contributed by atoms with van der Waals surface area (Å²) in [5, 5.41) is 6.14. The van der Waals surface area contributed by atoms with Crippen LogP contribution in [0.15, 0.2) is 53.6 Å². The van der Waals surface area contributed by atoms with Crippen molar-refractivity contribution < 1.29 is 18.0 Å². The fourth-order valence-corrected chi connectivity index (χ4v) is 1.83.